The van der Waals surface area contributed by atoms with E-state index in [0.717, 1.165) is 22.2 Å². The van der Waals surface area contributed by atoms with Crippen molar-refractivity contribution in [1.29, 1.82) is 0 Å². The molecular formula is C13H14ClN5S. The van der Waals surface area contributed by atoms with Crippen LogP contribution in [0.1, 0.15) is 5.56 Å². The number of guanidine groups is 1. The van der Waals surface area contributed by atoms with Crippen LogP contribution in [0.15, 0.2) is 34.8 Å². The summed E-state index contributed by atoms with van der Waals surface area (Å²) in [6.07, 6.45) is 1.96. The molecule has 0 saturated carbocycles. The Morgan fingerprint density at radius 3 is 2.90 bits per heavy atom. The molecule has 0 saturated heterocycles. The maximum atomic E-state index is 5.35. The largest absolute Gasteiger partial charge is 0.370 e. The van der Waals surface area contributed by atoms with E-state index in [1.54, 1.807) is 0 Å². The van der Waals surface area contributed by atoms with Crippen LogP contribution < -0.4 is 11.5 Å². The number of nitrogens with zero attached hydrogens (tertiary/aromatic N) is 2. The molecule has 3 rings (SSSR count). The minimum atomic E-state index is 0. The second kappa shape index (κ2) is 5.52. The van der Waals surface area contributed by atoms with Crippen LogP contribution in [0.5, 0.6) is 0 Å². The van der Waals surface area contributed by atoms with Gasteiger partial charge < -0.3 is 16.5 Å². The number of benzene rings is 1. The number of rotatable bonds is 2. The molecular weight excluding hydrogens is 294 g/mol. The number of nitrogens with one attached hydrogen (secondary N) is 1. The van der Waals surface area contributed by atoms with Gasteiger partial charge in [0.05, 0.1) is 5.69 Å². The topological polar surface area (TPSA) is 93.1 Å². The van der Waals surface area contributed by atoms with Crippen molar-refractivity contribution in [3.05, 3.63) is 35.3 Å². The molecule has 0 amide bonds. The van der Waals surface area contributed by atoms with Crippen molar-refractivity contribution in [2.45, 2.75) is 6.92 Å². The van der Waals surface area contributed by atoms with Crippen molar-refractivity contribution < 1.29 is 0 Å². The van der Waals surface area contributed by atoms with Crippen molar-refractivity contribution in [1.82, 2.24) is 9.97 Å². The fourth-order valence-corrected chi connectivity index (χ4v) is 2.71. The standard InChI is InChI=1S/C13H13N5S.ClH/c1-7-2-3-8-9(5-16-10(8)4-7)11-6-19-13(17-11)18-12(14)15;/h2-6,16H,1H3,(H4,14,15,17,18);1H. The predicted molar refractivity (Wildman–Crippen MR) is 86.9 cm³/mol. The van der Waals surface area contributed by atoms with Gasteiger partial charge >= 0.3 is 0 Å². The lowest BCUT2D eigenvalue weighted by Crippen LogP contribution is -2.21. The number of halogens is 1. The lowest BCUT2D eigenvalue weighted by Gasteiger charge is -1.95. The SMILES string of the molecule is Cc1ccc2c(-c3csc(N=C(N)N)n3)c[nH]c2c1.Cl. The van der Waals surface area contributed by atoms with Crippen LogP contribution in [0.4, 0.5) is 5.13 Å². The maximum Gasteiger partial charge on any atom is 0.212 e. The summed E-state index contributed by atoms with van der Waals surface area (Å²) >= 11 is 1.42. The summed E-state index contributed by atoms with van der Waals surface area (Å²) in [5.74, 6) is 0.0236. The van der Waals surface area contributed by atoms with Crippen LogP contribution in [0.2, 0.25) is 0 Å². The van der Waals surface area contributed by atoms with Gasteiger partial charge in [-0.25, -0.2) is 4.98 Å². The van der Waals surface area contributed by atoms with E-state index in [0.29, 0.717) is 5.13 Å². The van der Waals surface area contributed by atoms with Crippen LogP contribution in [0, 0.1) is 6.92 Å². The van der Waals surface area contributed by atoms with Crippen molar-refractivity contribution >= 4 is 45.7 Å². The lowest BCUT2D eigenvalue weighted by molar-refractivity contribution is 1.33. The molecule has 0 spiro atoms. The summed E-state index contributed by atoms with van der Waals surface area (Å²) in [4.78, 5) is 11.6. The van der Waals surface area contributed by atoms with Crippen LogP contribution in [-0.2, 0) is 0 Å². The van der Waals surface area contributed by atoms with Gasteiger partial charge in [0.2, 0.25) is 5.13 Å². The van der Waals surface area contributed by atoms with E-state index in [9.17, 15) is 0 Å². The third-order valence-corrected chi connectivity index (χ3v) is 3.56. The van der Waals surface area contributed by atoms with Gasteiger partial charge in [-0.3, -0.25) is 0 Å². The van der Waals surface area contributed by atoms with Gasteiger partial charge in [-0.05, 0) is 18.6 Å². The number of fused-ring (bicyclic) bond motifs is 1. The van der Waals surface area contributed by atoms with Crippen molar-refractivity contribution in [3.63, 3.8) is 0 Å². The highest BCUT2D eigenvalue weighted by Gasteiger charge is 2.09. The zero-order valence-electron chi connectivity index (χ0n) is 10.8. The molecule has 3 aromatic rings. The van der Waals surface area contributed by atoms with E-state index < -0.39 is 0 Å². The fraction of sp³-hybridized carbons (Fsp3) is 0.0769. The Labute approximate surface area is 126 Å². The van der Waals surface area contributed by atoms with E-state index in [4.69, 9.17) is 11.5 Å². The molecule has 20 heavy (non-hydrogen) atoms. The number of aryl methyl sites for hydroxylation is 1. The van der Waals surface area contributed by atoms with E-state index in [-0.39, 0.29) is 18.4 Å². The minimum Gasteiger partial charge on any atom is -0.370 e. The second-order valence-corrected chi connectivity index (χ2v) is 5.14. The van der Waals surface area contributed by atoms with E-state index in [1.807, 2.05) is 11.6 Å². The first kappa shape index (κ1) is 14.4. The highest BCUT2D eigenvalue weighted by atomic mass is 35.5. The van der Waals surface area contributed by atoms with E-state index in [2.05, 4.69) is 40.1 Å². The van der Waals surface area contributed by atoms with E-state index in [1.165, 1.54) is 16.9 Å². The van der Waals surface area contributed by atoms with Gasteiger partial charge in [-0.1, -0.05) is 12.1 Å². The Kier molecular flexibility index (Phi) is 3.96. The maximum absolute atomic E-state index is 5.35. The number of nitrogens with two attached hydrogens (primary N) is 2. The number of thiazole rings is 1. The third-order valence-electron chi connectivity index (χ3n) is 2.83. The molecule has 0 fully saturated rings. The molecule has 0 radical (unpaired) electrons. The highest BCUT2D eigenvalue weighted by molar-refractivity contribution is 7.13. The molecule has 2 aromatic heterocycles. The summed E-state index contributed by atoms with van der Waals surface area (Å²) in [5, 5.41) is 3.66. The number of aromatic nitrogens is 2. The monoisotopic (exact) mass is 307 g/mol. The number of H-pyrrole nitrogens is 1. The molecule has 2 heterocycles. The van der Waals surface area contributed by atoms with Crippen molar-refractivity contribution in [3.8, 4) is 11.3 Å². The number of hydrogen-bond acceptors (Lipinski definition) is 3. The zero-order valence-corrected chi connectivity index (χ0v) is 12.4. The van der Waals surface area contributed by atoms with E-state index >= 15 is 0 Å². The molecule has 7 heteroatoms. The summed E-state index contributed by atoms with van der Waals surface area (Å²) < 4.78 is 0. The molecule has 1 aromatic carbocycles. The summed E-state index contributed by atoms with van der Waals surface area (Å²) in [6, 6.07) is 6.29. The molecule has 0 aliphatic carbocycles. The fourth-order valence-electron chi connectivity index (χ4n) is 2.00. The number of hydrogen-bond donors (Lipinski definition) is 3. The Balaban J connectivity index is 0.00000147. The van der Waals surface area contributed by atoms with Gasteiger partial charge in [0, 0.05) is 28.0 Å². The van der Waals surface area contributed by atoms with Crippen LogP contribution in [-0.4, -0.2) is 15.9 Å². The zero-order chi connectivity index (χ0) is 13.4. The first-order valence-electron chi connectivity index (χ1n) is 5.77. The molecule has 0 atom stereocenters. The van der Waals surface area contributed by atoms with Gasteiger partial charge in [-0.2, -0.15) is 4.99 Å². The normalized spacial score (nSPS) is 10.2. The van der Waals surface area contributed by atoms with Gasteiger partial charge in [0.25, 0.3) is 0 Å². The second-order valence-electron chi connectivity index (χ2n) is 4.30. The number of aromatic amines is 1. The lowest BCUT2D eigenvalue weighted by atomic mass is 10.1. The summed E-state index contributed by atoms with van der Waals surface area (Å²) in [6.45, 7) is 2.07. The average molecular weight is 308 g/mol. The van der Waals surface area contributed by atoms with Crippen molar-refractivity contribution in [2.24, 2.45) is 16.5 Å². The molecule has 5 nitrogen and oxygen atoms in total. The first-order valence-corrected chi connectivity index (χ1v) is 6.65. The Bertz CT molecular complexity index is 770. The Morgan fingerprint density at radius 2 is 2.15 bits per heavy atom. The molecule has 5 N–H and O–H groups in total. The Hall–Kier alpha value is -2.05. The molecule has 0 bridgehead atoms. The summed E-state index contributed by atoms with van der Waals surface area (Å²) in [5.41, 5.74) is 15.0. The highest BCUT2D eigenvalue weighted by Crippen LogP contribution is 2.32. The summed E-state index contributed by atoms with van der Waals surface area (Å²) in [7, 11) is 0. The predicted octanol–water partition coefficient (Wildman–Crippen LogP) is 2.93. The molecule has 0 unspecified atom stereocenters. The minimum absolute atomic E-state index is 0. The van der Waals surface area contributed by atoms with Gasteiger partial charge in [-0.15, -0.1) is 23.7 Å². The molecule has 104 valence electrons. The smallest absolute Gasteiger partial charge is 0.212 e. The Morgan fingerprint density at radius 1 is 1.35 bits per heavy atom. The molecule has 0 aliphatic rings. The van der Waals surface area contributed by atoms with Crippen LogP contribution in [0.3, 0.4) is 0 Å². The third kappa shape index (κ3) is 2.61. The van der Waals surface area contributed by atoms with Gasteiger partial charge in [0.15, 0.2) is 5.96 Å². The van der Waals surface area contributed by atoms with Gasteiger partial charge in [0.1, 0.15) is 0 Å². The molecule has 0 aliphatic heterocycles. The number of aliphatic imine (C=N–C) groups is 1. The quantitative estimate of drug-likeness (QED) is 0.502. The van der Waals surface area contributed by atoms with Crippen LogP contribution >= 0.6 is 23.7 Å². The average Bonchev–Trinajstić information content (AvgIpc) is 2.93. The first-order chi connectivity index (χ1) is 9.13. The van der Waals surface area contributed by atoms with Crippen LogP contribution in [0.25, 0.3) is 22.2 Å². The van der Waals surface area contributed by atoms with Crippen molar-refractivity contribution in [2.75, 3.05) is 0 Å².